The van der Waals surface area contributed by atoms with Crippen molar-refractivity contribution < 1.29 is 5.11 Å². The van der Waals surface area contributed by atoms with Crippen LogP contribution in [0.1, 0.15) is 29.7 Å². The Morgan fingerprint density at radius 1 is 1.46 bits per heavy atom. The van der Waals surface area contributed by atoms with Gasteiger partial charge in [0.2, 0.25) is 0 Å². The Bertz CT molecular complexity index is 333. The van der Waals surface area contributed by atoms with Gasteiger partial charge in [0.25, 0.3) is 0 Å². The second-order valence-corrected chi connectivity index (χ2v) is 3.71. The van der Waals surface area contributed by atoms with Crippen molar-refractivity contribution in [3.63, 3.8) is 0 Å². The molecule has 2 rings (SSSR count). The van der Waals surface area contributed by atoms with Crippen LogP contribution in [0.5, 0.6) is 5.75 Å². The van der Waals surface area contributed by atoms with E-state index in [0.29, 0.717) is 11.8 Å². The van der Waals surface area contributed by atoms with E-state index >= 15 is 0 Å². The van der Waals surface area contributed by atoms with E-state index in [1.54, 1.807) is 6.07 Å². The second kappa shape index (κ2) is 3.04. The first kappa shape index (κ1) is 8.57. The van der Waals surface area contributed by atoms with E-state index in [4.69, 9.17) is 0 Å². The van der Waals surface area contributed by atoms with Gasteiger partial charge in [0.05, 0.1) is 0 Å². The fraction of sp³-hybridized carbons (Fsp3) is 0.455. The molecule has 2 heteroatoms. The van der Waals surface area contributed by atoms with Gasteiger partial charge < -0.3 is 10.4 Å². The van der Waals surface area contributed by atoms with Gasteiger partial charge in [-0.3, -0.25) is 0 Å². The lowest BCUT2D eigenvalue weighted by Gasteiger charge is -2.26. The van der Waals surface area contributed by atoms with Gasteiger partial charge in [-0.05, 0) is 49.6 Å². The Morgan fingerprint density at radius 2 is 2.23 bits per heavy atom. The minimum absolute atomic E-state index is 0.371. The summed E-state index contributed by atoms with van der Waals surface area (Å²) in [4.78, 5) is 0. The summed E-state index contributed by atoms with van der Waals surface area (Å²) in [6.45, 7) is 5.17. The lowest BCUT2D eigenvalue weighted by Crippen LogP contribution is -2.28. The first-order valence-corrected chi connectivity index (χ1v) is 4.75. The summed E-state index contributed by atoms with van der Waals surface area (Å²) in [5.41, 5.74) is 3.69. The van der Waals surface area contributed by atoms with Crippen molar-refractivity contribution in [2.24, 2.45) is 0 Å². The highest BCUT2D eigenvalue weighted by molar-refractivity contribution is 5.46. The maximum absolute atomic E-state index is 9.57. The molecule has 0 saturated carbocycles. The Hall–Kier alpha value is -1.02. The highest BCUT2D eigenvalue weighted by Crippen LogP contribution is 2.30. The number of fused-ring (bicyclic) bond motifs is 1. The molecule has 1 atom stereocenters. The number of hydrogen-bond acceptors (Lipinski definition) is 2. The number of rotatable bonds is 0. The summed E-state index contributed by atoms with van der Waals surface area (Å²) in [5.74, 6) is 0.411. The van der Waals surface area contributed by atoms with Crippen LogP contribution in [0, 0.1) is 6.92 Å². The first-order valence-electron chi connectivity index (χ1n) is 4.75. The van der Waals surface area contributed by atoms with Crippen LogP contribution in [0.15, 0.2) is 12.1 Å². The van der Waals surface area contributed by atoms with E-state index in [9.17, 15) is 5.11 Å². The highest BCUT2D eigenvalue weighted by atomic mass is 16.3. The molecule has 2 nitrogen and oxygen atoms in total. The molecule has 13 heavy (non-hydrogen) atoms. The molecule has 1 unspecified atom stereocenters. The molecule has 0 fully saturated rings. The molecule has 0 bridgehead atoms. The molecule has 0 aliphatic carbocycles. The van der Waals surface area contributed by atoms with Crippen molar-refractivity contribution in [3.8, 4) is 5.75 Å². The van der Waals surface area contributed by atoms with Crippen LogP contribution in [-0.2, 0) is 6.42 Å². The van der Waals surface area contributed by atoms with Crippen LogP contribution < -0.4 is 5.32 Å². The molecule has 2 N–H and O–H groups in total. The van der Waals surface area contributed by atoms with Crippen molar-refractivity contribution in [3.05, 3.63) is 28.8 Å². The van der Waals surface area contributed by atoms with Crippen LogP contribution in [0.3, 0.4) is 0 Å². The molecule has 0 spiro atoms. The van der Waals surface area contributed by atoms with Crippen molar-refractivity contribution >= 4 is 0 Å². The number of hydrogen-bond donors (Lipinski definition) is 2. The Morgan fingerprint density at radius 3 is 3.00 bits per heavy atom. The van der Waals surface area contributed by atoms with Crippen LogP contribution in [0.2, 0.25) is 0 Å². The molecular weight excluding hydrogens is 162 g/mol. The molecule has 0 radical (unpaired) electrons. The number of phenols is 1. The van der Waals surface area contributed by atoms with Crippen LogP contribution in [-0.4, -0.2) is 11.7 Å². The zero-order valence-electron chi connectivity index (χ0n) is 8.09. The van der Waals surface area contributed by atoms with Crippen molar-refractivity contribution in [2.45, 2.75) is 26.3 Å². The summed E-state index contributed by atoms with van der Waals surface area (Å²) in [7, 11) is 0. The van der Waals surface area contributed by atoms with E-state index in [2.05, 4.69) is 12.2 Å². The number of benzene rings is 1. The minimum Gasteiger partial charge on any atom is -0.508 e. The summed E-state index contributed by atoms with van der Waals surface area (Å²) in [6.07, 6.45) is 1.07. The van der Waals surface area contributed by atoms with E-state index in [0.717, 1.165) is 18.5 Å². The second-order valence-electron chi connectivity index (χ2n) is 3.71. The normalized spacial score (nSPS) is 21.2. The molecule has 70 valence electrons. The van der Waals surface area contributed by atoms with Crippen LogP contribution in [0.4, 0.5) is 0 Å². The lowest BCUT2D eigenvalue weighted by molar-refractivity contribution is 0.463. The SMILES string of the molecule is Cc1c(O)ccc2c1C(C)NCC2. The van der Waals surface area contributed by atoms with Crippen LogP contribution in [0.25, 0.3) is 0 Å². The third kappa shape index (κ3) is 1.31. The van der Waals surface area contributed by atoms with Crippen molar-refractivity contribution in [1.29, 1.82) is 0 Å². The Labute approximate surface area is 78.6 Å². The average Bonchev–Trinajstić information content (AvgIpc) is 2.12. The van der Waals surface area contributed by atoms with Gasteiger partial charge in [-0.15, -0.1) is 0 Å². The van der Waals surface area contributed by atoms with Crippen LogP contribution >= 0.6 is 0 Å². The fourth-order valence-electron chi connectivity index (χ4n) is 2.12. The zero-order valence-corrected chi connectivity index (χ0v) is 8.09. The minimum atomic E-state index is 0.371. The van der Waals surface area contributed by atoms with E-state index < -0.39 is 0 Å². The largest absolute Gasteiger partial charge is 0.508 e. The smallest absolute Gasteiger partial charge is 0.118 e. The molecule has 0 amide bonds. The predicted molar refractivity (Wildman–Crippen MR) is 53.0 cm³/mol. The summed E-state index contributed by atoms with van der Waals surface area (Å²) in [6, 6.07) is 4.21. The van der Waals surface area contributed by atoms with E-state index in [1.807, 2.05) is 13.0 Å². The van der Waals surface area contributed by atoms with Gasteiger partial charge in [-0.2, -0.15) is 0 Å². The van der Waals surface area contributed by atoms with Gasteiger partial charge in [-0.1, -0.05) is 6.07 Å². The maximum Gasteiger partial charge on any atom is 0.118 e. The molecule has 1 aliphatic heterocycles. The monoisotopic (exact) mass is 177 g/mol. The highest BCUT2D eigenvalue weighted by Gasteiger charge is 2.18. The predicted octanol–water partition coefficient (Wildman–Crippen LogP) is 1.91. The fourth-order valence-corrected chi connectivity index (χ4v) is 2.12. The van der Waals surface area contributed by atoms with E-state index in [1.165, 1.54) is 11.1 Å². The summed E-state index contributed by atoms with van der Waals surface area (Å²) in [5, 5.41) is 13.0. The Balaban J connectivity index is 2.58. The van der Waals surface area contributed by atoms with Gasteiger partial charge >= 0.3 is 0 Å². The molecule has 1 aromatic rings. The summed E-state index contributed by atoms with van der Waals surface area (Å²) < 4.78 is 0. The molecule has 0 aromatic heterocycles. The molecular formula is C11H15NO. The summed E-state index contributed by atoms with van der Waals surface area (Å²) >= 11 is 0. The first-order chi connectivity index (χ1) is 6.20. The maximum atomic E-state index is 9.57. The number of aromatic hydroxyl groups is 1. The van der Waals surface area contributed by atoms with Gasteiger partial charge in [0.15, 0.2) is 0 Å². The van der Waals surface area contributed by atoms with Gasteiger partial charge in [0, 0.05) is 6.04 Å². The topological polar surface area (TPSA) is 32.3 Å². The third-order valence-electron chi connectivity index (χ3n) is 2.85. The average molecular weight is 177 g/mol. The molecule has 1 aromatic carbocycles. The standard InChI is InChI=1S/C11H15NO/c1-7-10(13)4-3-9-5-6-12-8(2)11(7)9/h3-4,8,12-13H,5-6H2,1-2H3. The lowest BCUT2D eigenvalue weighted by atomic mass is 9.91. The van der Waals surface area contributed by atoms with Crippen molar-refractivity contribution in [1.82, 2.24) is 5.32 Å². The molecule has 1 aliphatic rings. The van der Waals surface area contributed by atoms with Gasteiger partial charge in [-0.25, -0.2) is 0 Å². The molecule has 0 saturated heterocycles. The Kier molecular flexibility index (Phi) is 2.00. The zero-order chi connectivity index (χ0) is 9.42. The quantitative estimate of drug-likeness (QED) is 0.634. The molecule has 1 heterocycles. The number of phenolic OH excluding ortho intramolecular Hbond substituents is 1. The van der Waals surface area contributed by atoms with Gasteiger partial charge in [0.1, 0.15) is 5.75 Å². The third-order valence-corrected chi connectivity index (χ3v) is 2.85. The van der Waals surface area contributed by atoms with E-state index in [-0.39, 0.29) is 0 Å². The van der Waals surface area contributed by atoms with Crippen molar-refractivity contribution in [2.75, 3.05) is 6.54 Å². The number of nitrogens with one attached hydrogen (secondary N) is 1.